The third kappa shape index (κ3) is 8.67. The minimum absolute atomic E-state index is 0.123. The minimum Gasteiger partial charge on any atom is -0.460 e. The summed E-state index contributed by atoms with van der Waals surface area (Å²) in [6, 6.07) is 11.7. The van der Waals surface area contributed by atoms with Crippen LogP contribution in [0.5, 0.6) is 0 Å². The number of aldehydes is 1. The topological polar surface area (TPSA) is 102 Å². The van der Waals surface area contributed by atoms with E-state index >= 15 is 0 Å². The number of carbonyl (C=O) groups is 4. The molecule has 0 aliphatic heterocycles. The SMILES string of the molecule is CC(C)C[C@H](NC(=O)Cc1cccc2ccccc12)C(=O)N[C@H](C=O)CC(=O)OC(C)(C)C. The zero-order valence-corrected chi connectivity index (χ0v) is 20.0. The van der Waals surface area contributed by atoms with E-state index in [1.165, 1.54) is 0 Å². The Labute approximate surface area is 195 Å². The lowest BCUT2D eigenvalue weighted by molar-refractivity contribution is -0.156. The summed E-state index contributed by atoms with van der Waals surface area (Å²) in [6.45, 7) is 9.06. The van der Waals surface area contributed by atoms with Crippen molar-refractivity contribution in [3.63, 3.8) is 0 Å². The Kier molecular flexibility index (Phi) is 9.14. The molecule has 0 saturated carbocycles. The van der Waals surface area contributed by atoms with E-state index in [4.69, 9.17) is 4.74 Å². The van der Waals surface area contributed by atoms with Gasteiger partial charge in [-0.05, 0) is 49.4 Å². The largest absolute Gasteiger partial charge is 0.460 e. The molecule has 0 spiro atoms. The predicted molar refractivity (Wildman–Crippen MR) is 127 cm³/mol. The molecule has 0 radical (unpaired) electrons. The molecule has 0 fully saturated rings. The number of carbonyl (C=O) groups excluding carboxylic acids is 4. The van der Waals surface area contributed by atoms with Crippen LogP contribution < -0.4 is 10.6 Å². The number of esters is 1. The van der Waals surface area contributed by atoms with Crippen LogP contribution in [0.25, 0.3) is 10.8 Å². The third-order valence-electron chi connectivity index (χ3n) is 4.89. The summed E-state index contributed by atoms with van der Waals surface area (Å²) in [5, 5.41) is 7.39. The van der Waals surface area contributed by atoms with Crippen LogP contribution in [0.4, 0.5) is 0 Å². The summed E-state index contributed by atoms with van der Waals surface area (Å²) in [5.74, 6) is -1.25. The van der Waals surface area contributed by atoms with Gasteiger partial charge in [0.1, 0.15) is 17.9 Å². The minimum atomic E-state index is -1.03. The first-order chi connectivity index (χ1) is 15.5. The maximum absolute atomic E-state index is 12.9. The van der Waals surface area contributed by atoms with Gasteiger partial charge in [-0.1, -0.05) is 56.3 Å². The lowest BCUT2D eigenvalue weighted by Crippen LogP contribution is -2.51. The quantitative estimate of drug-likeness (QED) is 0.424. The summed E-state index contributed by atoms with van der Waals surface area (Å²) < 4.78 is 5.22. The first-order valence-corrected chi connectivity index (χ1v) is 11.2. The lowest BCUT2D eigenvalue weighted by atomic mass is 10.00. The highest BCUT2D eigenvalue weighted by molar-refractivity contribution is 5.93. The van der Waals surface area contributed by atoms with E-state index in [0.717, 1.165) is 16.3 Å². The van der Waals surface area contributed by atoms with E-state index in [1.54, 1.807) is 20.8 Å². The number of fused-ring (bicyclic) bond motifs is 1. The fourth-order valence-electron chi connectivity index (χ4n) is 3.55. The van der Waals surface area contributed by atoms with Crippen LogP contribution >= 0.6 is 0 Å². The van der Waals surface area contributed by atoms with E-state index in [0.29, 0.717) is 12.7 Å². The molecule has 33 heavy (non-hydrogen) atoms. The molecule has 2 rings (SSSR count). The maximum atomic E-state index is 12.9. The first kappa shape index (κ1) is 26.0. The Morgan fingerprint density at radius 3 is 2.30 bits per heavy atom. The molecule has 0 unspecified atom stereocenters. The third-order valence-corrected chi connectivity index (χ3v) is 4.89. The van der Waals surface area contributed by atoms with Gasteiger partial charge in [-0.3, -0.25) is 14.4 Å². The lowest BCUT2D eigenvalue weighted by Gasteiger charge is -2.23. The zero-order chi connectivity index (χ0) is 24.6. The Bertz CT molecular complexity index is 988. The maximum Gasteiger partial charge on any atom is 0.308 e. The molecule has 0 saturated heterocycles. The molecule has 0 heterocycles. The highest BCUT2D eigenvalue weighted by Crippen LogP contribution is 2.19. The van der Waals surface area contributed by atoms with Gasteiger partial charge in [-0.15, -0.1) is 0 Å². The van der Waals surface area contributed by atoms with E-state index < -0.39 is 29.6 Å². The van der Waals surface area contributed by atoms with Gasteiger partial charge in [0, 0.05) is 0 Å². The summed E-state index contributed by atoms with van der Waals surface area (Å²) in [7, 11) is 0. The molecule has 0 bridgehead atoms. The van der Waals surface area contributed by atoms with Crippen LogP contribution in [-0.4, -0.2) is 41.8 Å². The van der Waals surface area contributed by atoms with Crippen LogP contribution in [0, 0.1) is 5.92 Å². The van der Waals surface area contributed by atoms with Gasteiger partial charge in [0.2, 0.25) is 11.8 Å². The molecule has 2 aromatic carbocycles. The van der Waals surface area contributed by atoms with Crippen molar-refractivity contribution in [1.29, 1.82) is 0 Å². The van der Waals surface area contributed by atoms with Gasteiger partial charge in [0.25, 0.3) is 0 Å². The molecule has 0 aromatic heterocycles. The van der Waals surface area contributed by atoms with E-state index in [9.17, 15) is 19.2 Å². The second-order valence-electron chi connectivity index (χ2n) is 9.61. The monoisotopic (exact) mass is 454 g/mol. The molecule has 2 N–H and O–H groups in total. The number of hydrogen-bond acceptors (Lipinski definition) is 5. The fourth-order valence-corrected chi connectivity index (χ4v) is 3.55. The molecule has 0 aliphatic carbocycles. The van der Waals surface area contributed by atoms with Crippen LogP contribution in [0.2, 0.25) is 0 Å². The molecular weight excluding hydrogens is 420 g/mol. The van der Waals surface area contributed by atoms with Crippen LogP contribution in [0.3, 0.4) is 0 Å². The van der Waals surface area contributed by atoms with Gasteiger partial charge in [-0.25, -0.2) is 0 Å². The van der Waals surface area contributed by atoms with Crippen molar-refractivity contribution in [3.8, 4) is 0 Å². The van der Waals surface area contributed by atoms with Crippen LogP contribution in [-0.2, 0) is 30.3 Å². The van der Waals surface area contributed by atoms with Gasteiger partial charge in [0.05, 0.1) is 18.9 Å². The summed E-state index contributed by atoms with van der Waals surface area (Å²) >= 11 is 0. The van der Waals surface area contributed by atoms with Crippen LogP contribution in [0.15, 0.2) is 42.5 Å². The normalized spacial score (nSPS) is 13.3. The van der Waals surface area contributed by atoms with Crippen molar-refractivity contribution in [2.45, 2.75) is 71.6 Å². The van der Waals surface area contributed by atoms with Gasteiger partial charge in [-0.2, -0.15) is 0 Å². The summed E-state index contributed by atoms with van der Waals surface area (Å²) in [4.78, 5) is 49.2. The highest BCUT2D eigenvalue weighted by Gasteiger charge is 2.26. The number of nitrogens with one attached hydrogen (secondary N) is 2. The van der Waals surface area contributed by atoms with Crippen molar-refractivity contribution in [2.24, 2.45) is 5.92 Å². The number of hydrogen-bond donors (Lipinski definition) is 2. The Morgan fingerprint density at radius 2 is 1.67 bits per heavy atom. The van der Waals surface area contributed by atoms with Gasteiger partial charge < -0.3 is 20.2 Å². The average Bonchev–Trinajstić information content (AvgIpc) is 2.71. The van der Waals surface area contributed by atoms with Crippen molar-refractivity contribution in [2.75, 3.05) is 0 Å². The van der Waals surface area contributed by atoms with Crippen molar-refractivity contribution >= 4 is 34.8 Å². The van der Waals surface area contributed by atoms with Gasteiger partial charge in [0.15, 0.2) is 0 Å². The highest BCUT2D eigenvalue weighted by atomic mass is 16.6. The average molecular weight is 455 g/mol. The fraction of sp³-hybridized carbons (Fsp3) is 0.462. The number of amides is 2. The summed E-state index contributed by atoms with van der Waals surface area (Å²) in [5.41, 5.74) is 0.176. The molecule has 178 valence electrons. The molecule has 7 heteroatoms. The number of ether oxygens (including phenoxy) is 1. The Hall–Kier alpha value is -3.22. The molecule has 2 aromatic rings. The first-order valence-electron chi connectivity index (χ1n) is 11.2. The molecular formula is C26H34N2O5. The van der Waals surface area contributed by atoms with Crippen molar-refractivity contribution in [1.82, 2.24) is 10.6 Å². The molecule has 7 nitrogen and oxygen atoms in total. The Balaban J connectivity index is 2.06. The van der Waals surface area contributed by atoms with Gasteiger partial charge >= 0.3 is 5.97 Å². The van der Waals surface area contributed by atoms with Crippen molar-refractivity contribution < 1.29 is 23.9 Å². The van der Waals surface area contributed by atoms with Crippen LogP contribution in [0.1, 0.15) is 53.0 Å². The van der Waals surface area contributed by atoms with Crippen molar-refractivity contribution in [3.05, 3.63) is 48.0 Å². The molecule has 2 amide bonds. The molecule has 2 atom stereocenters. The second kappa shape index (κ2) is 11.6. The second-order valence-corrected chi connectivity index (χ2v) is 9.61. The molecule has 0 aliphatic rings. The number of benzene rings is 2. The standard InChI is InChI=1S/C26H34N2O5/c1-17(2)13-22(25(32)27-20(16-29)15-24(31)33-26(3,4)5)28-23(30)14-19-11-8-10-18-9-6-7-12-21(18)19/h6-12,16-17,20,22H,13-15H2,1-5H3,(H,27,32)(H,28,30)/t20-,22-/m0/s1. The number of rotatable bonds is 10. The van der Waals surface area contributed by atoms with E-state index in [-0.39, 0.29) is 24.7 Å². The summed E-state index contributed by atoms with van der Waals surface area (Å²) in [6.07, 6.45) is 0.750. The zero-order valence-electron chi connectivity index (χ0n) is 20.0. The predicted octanol–water partition coefficient (Wildman–Crippen LogP) is 3.33. The smallest absolute Gasteiger partial charge is 0.308 e. The van der Waals surface area contributed by atoms with E-state index in [1.807, 2.05) is 56.3 Å². The Morgan fingerprint density at radius 1 is 1.00 bits per heavy atom. The van der Waals surface area contributed by atoms with E-state index in [2.05, 4.69) is 10.6 Å².